The van der Waals surface area contributed by atoms with E-state index < -0.39 is 6.03 Å². The molecule has 0 unspecified atom stereocenters. The molecule has 0 saturated heterocycles. The highest BCUT2D eigenvalue weighted by atomic mass is 16.3. The van der Waals surface area contributed by atoms with Crippen LogP contribution in [0.25, 0.3) is 10.8 Å². The van der Waals surface area contributed by atoms with Gasteiger partial charge < -0.3 is 14.8 Å². The minimum atomic E-state index is -0.407. The van der Waals surface area contributed by atoms with Crippen molar-refractivity contribution in [2.24, 2.45) is 0 Å². The molecule has 1 heterocycles. The Bertz CT molecular complexity index is 751. The van der Waals surface area contributed by atoms with Crippen LogP contribution in [0.1, 0.15) is 0 Å². The number of phenols is 1. The average molecular weight is 268 g/mol. The number of nitrogens with one attached hydrogen (secondary N) is 2. The van der Waals surface area contributed by atoms with Gasteiger partial charge in [-0.2, -0.15) is 0 Å². The van der Waals surface area contributed by atoms with Crippen LogP contribution < -0.4 is 10.6 Å². The molecule has 3 aromatic rings. The molecule has 0 spiro atoms. The summed E-state index contributed by atoms with van der Waals surface area (Å²) >= 11 is 0. The molecule has 5 heteroatoms. The number of benzene rings is 2. The van der Waals surface area contributed by atoms with Crippen LogP contribution >= 0.6 is 0 Å². The summed E-state index contributed by atoms with van der Waals surface area (Å²) in [6, 6.07) is 13.4. The Hall–Kier alpha value is -2.95. The van der Waals surface area contributed by atoms with Gasteiger partial charge in [0.1, 0.15) is 5.75 Å². The molecule has 5 nitrogen and oxygen atoms in total. The number of hydrogen-bond acceptors (Lipinski definition) is 3. The topological polar surface area (TPSA) is 74.5 Å². The standard InChI is InChI=1S/C15H12N2O3/c18-13-7-2-4-10-11(13)5-1-6-12(10)16-15(19)17-14-8-3-9-20-14/h1-9,18H,(H2,16,17,19). The summed E-state index contributed by atoms with van der Waals surface area (Å²) < 4.78 is 5.04. The largest absolute Gasteiger partial charge is 0.507 e. The van der Waals surface area contributed by atoms with Gasteiger partial charge in [-0.15, -0.1) is 0 Å². The number of furan rings is 1. The molecule has 0 aliphatic heterocycles. The average Bonchev–Trinajstić information content (AvgIpc) is 2.93. The van der Waals surface area contributed by atoms with E-state index in [1.807, 2.05) is 6.07 Å². The van der Waals surface area contributed by atoms with E-state index in [2.05, 4.69) is 10.6 Å². The zero-order valence-electron chi connectivity index (χ0n) is 10.5. The van der Waals surface area contributed by atoms with Crippen molar-refractivity contribution >= 4 is 28.4 Å². The minimum Gasteiger partial charge on any atom is -0.507 e. The third kappa shape index (κ3) is 2.29. The predicted octanol–water partition coefficient (Wildman–Crippen LogP) is 3.78. The summed E-state index contributed by atoms with van der Waals surface area (Å²) in [5.74, 6) is 0.545. The maximum atomic E-state index is 11.9. The lowest BCUT2D eigenvalue weighted by Crippen LogP contribution is -2.19. The molecule has 3 rings (SSSR count). The molecule has 3 N–H and O–H groups in total. The molecular weight excluding hydrogens is 256 g/mol. The third-order valence-corrected chi connectivity index (χ3v) is 2.91. The first kappa shape index (κ1) is 12.1. The number of carbonyl (C=O) groups excluding carboxylic acids is 1. The summed E-state index contributed by atoms with van der Waals surface area (Å²) in [7, 11) is 0. The van der Waals surface area contributed by atoms with Gasteiger partial charge in [0.05, 0.1) is 12.0 Å². The lowest BCUT2D eigenvalue weighted by molar-refractivity contribution is 0.261. The van der Waals surface area contributed by atoms with Crippen molar-refractivity contribution in [2.75, 3.05) is 10.6 Å². The molecule has 0 bridgehead atoms. The Balaban J connectivity index is 1.87. The Kier molecular flexibility index (Phi) is 3.01. The molecule has 0 radical (unpaired) electrons. The molecule has 0 fully saturated rings. The Morgan fingerprint density at radius 1 is 0.950 bits per heavy atom. The highest BCUT2D eigenvalue weighted by molar-refractivity contribution is 6.06. The normalized spacial score (nSPS) is 10.4. The molecule has 0 atom stereocenters. The number of rotatable bonds is 2. The van der Waals surface area contributed by atoms with Gasteiger partial charge in [0, 0.05) is 16.8 Å². The van der Waals surface area contributed by atoms with Crippen LogP contribution in [-0.4, -0.2) is 11.1 Å². The van der Waals surface area contributed by atoms with E-state index in [9.17, 15) is 9.90 Å². The van der Waals surface area contributed by atoms with Crippen LogP contribution in [0.2, 0.25) is 0 Å². The SMILES string of the molecule is O=C(Nc1ccco1)Nc1cccc2c(O)cccc12. The molecule has 1 aromatic heterocycles. The fourth-order valence-corrected chi connectivity index (χ4v) is 2.02. The van der Waals surface area contributed by atoms with Gasteiger partial charge in [-0.25, -0.2) is 4.79 Å². The van der Waals surface area contributed by atoms with Crippen LogP contribution in [0, 0.1) is 0 Å². The van der Waals surface area contributed by atoms with E-state index in [1.165, 1.54) is 6.26 Å². The molecule has 20 heavy (non-hydrogen) atoms. The predicted molar refractivity (Wildman–Crippen MR) is 77.0 cm³/mol. The van der Waals surface area contributed by atoms with E-state index in [-0.39, 0.29) is 5.75 Å². The summed E-state index contributed by atoms with van der Waals surface area (Å²) in [5, 5.41) is 16.5. The summed E-state index contributed by atoms with van der Waals surface area (Å²) in [6.07, 6.45) is 1.48. The summed E-state index contributed by atoms with van der Waals surface area (Å²) in [4.78, 5) is 11.9. The zero-order valence-corrected chi connectivity index (χ0v) is 10.5. The number of hydrogen-bond donors (Lipinski definition) is 3. The quantitative estimate of drug-likeness (QED) is 0.662. The minimum absolute atomic E-state index is 0.178. The molecule has 0 saturated carbocycles. The lowest BCUT2D eigenvalue weighted by Gasteiger charge is -2.09. The lowest BCUT2D eigenvalue weighted by atomic mass is 10.1. The third-order valence-electron chi connectivity index (χ3n) is 2.91. The second-order valence-corrected chi connectivity index (χ2v) is 4.23. The van der Waals surface area contributed by atoms with Crippen LogP contribution in [-0.2, 0) is 0 Å². The van der Waals surface area contributed by atoms with Crippen LogP contribution in [0.5, 0.6) is 5.75 Å². The van der Waals surface area contributed by atoms with E-state index in [0.29, 0.717) is 17.0 Å². The first-order chi connectivity index (χ1) is 9.74. The second kappa shape index (κ2) is 4.97. The van der Waals surface area contributed by atoms with Gasteiger partial charge in [0.25, 0.3) is 0 Å². The number of urea groups is 1. The number of aromatic hydroxyl groups is 1. The monoisotopic (exact) mass is 268 g/mol. The van der Waals surface area contributed by atoms with Crippen molar-refractivity contribution in [3.05, 3.63) is 54.8 Å². The number of fused-ring (bicyclic) bond motifs is 1. The van der Waals surface area contributed by atoms with Crippen molar-refractivity contribution in [3.8, 4) is 5.75 Å². The van der Waals surface area contributed by atoms with E-state index in [1.54, 1.807) is 42.5 Å². The van der Waals surface area contributed by atoms with Gasteiger partial charge in [0.2, 0.25) is 5.88 Å². The van der Waals surface area contributed by atoms with Crippen molar-refractivity contribution in [2.45, 2.75) is 0 Å². The molecule has 2 aromatic carbocycles. The van der Waals surface area contributed by atoms with Gasteiger partial charge in [0.15, 0.2) is 0 Å². The number of carbonyl (C=O) groups is 1. The summed E-state index contributed by atoms with van der Waals surface area (Å²) in [5.41, 5.74) is 0.613. The van der Waals surface area contributed by atoms with Crippen LogP contribution in [0.4, 0.5) is 16.4 Å². The van der Waals surface area contributed by atoms with Gasteiger partial charge in [-0.3, -0.25) is 5.32 Å². The Labute approximate surface area is 114 Å². The first-order valence-electron chi connectivity index (χ1n) is 6.06. The van der Waals surface area contributed by atoms with Gasteiger partial charge >= 0.3 is 6.03 Å². The van der Waals surface area contributed by atoms with Gasteiger partial charge in [-0.1, -0.05) is 24.3 Å². The smallest absolute Gasteiger partial charge is 0.326 e. The first-order valence-corrected chi connectivity index (χ1v) is 6.06. The van der Waals surface area contributed by atoms with Crippen LogP contribution in [0.3, 0.4) is 0 Å². The van der Waals surface area contributed by atoms with E-state index >= 15 is 0 Å². The zero-order chi connectivity index (χ0) is 13.9. The highest BCUT2D eigenvalue weighted by Gasteiger charge is 2.08. The highest BCUT2D eigenvalue weighted by Crippen LogP contribution is 2.29. The number of amides is 2. The van der Waals surface area contributed by atoms with Crippen molar-refractivity contribution in [1.82, 2.24) is 0 Å². The van der Waals surface area contributed by atoms with Gasteiger partial charge in [-0.05, 0) is 18.2 Å². The van der Waals surface area contributed by atoms with Crippen LogP contribution in [0.15, 0.2) is 59.2 Å². The van der Waals surface area contributed by atoms with Crippen molar-refractivity contribution < 1.29 is 14.3 Å². The fraction of sp³-hybridized carbons (Fsp3) is 0. The molecule has 0 aliphatic rings. The Morgan fingerprint density at radius 3 is 2.55 bits per heavy atom. The second-order valence-electron chi connectivity index (χ2n) is 4.23. The summed E-state index contributed by atoms with van der Waals surface area (Å²) in [6.45, 7) is 0. The molecular formula is C15H12N2O3. The maximum absolute atomic E-state index is 11.9. The number of phenolic OH excluding ortho intramolecular Hbond substituents is 1. The van der Waals surface area contributed by atoms with E-state index in [4.69, 9.17) is 4.42 Å². The fourth-order valence-electron chi connectivity index (χ4n) is 2.02. The Morgan fingerprint density at radius 2 is 1.75 bits per heavy atom. The van der Waals surface area contributed by atoms with Crippen molar-refractivity contribution in [1.29, 1.82) is 0 Å². The molecule has 2 amide bonds. The van der Waals surface area contributed by atoms with Crippen molar-refractivity contribution in [3.63, 3.8) is 0 Å². The maximum Gasteiger partial charge on any atom is 0.326 e. The molecule has 100 valence electrons. The molecule has 0 aliphatic carbocycles. The number of anilines is 2. The van der Waals surface area contributed by atoms with E-state index in [0.717, 1.165) is 5.39 Å².